The van der Waals surface area contributed by atoms with Crippen molar-refractivity contribution in [2.24, 2.45) is 4.99 Å². The summed E-state index contributed by atoms with van der Waals surface area (Å²) >= 11 is 0. The molecule has 1 aliphatic rings. The Morgan fingerprint density at radius 2 is 1.48 bits per heavy atom. The van der Waals surface area contributed by atoms with Gasteiger partial charge in [0.2, 0.25) is 0 Å². The van der Waals surface area contributed by atoms with Crippen LogP contribution in [0.5, 0.6) is 0 Å². The topological polar surface area (TPSA) is 32.7 Å². The Hall–Kier alpha value is -3.67. The van der Waals surface area contributed by atoms with Gasteiger partial charge in [0.1, 0.15) is 11.5 Å². The maximum absolute atomic E-state index is 13.2. The van der Waals surface area contributed by atoms with Gasteiger partial charge in [-0.25, -0.2) is 4.99 Å². The lowest BCUT2D eigenvalue weighted by Gasteiger charge is -2.20. The van der Waals surface area contributed by atoms with Crippen LogP contribution in [0.1, 0.15) is 16.7 Å². The summed E-state index contributed by atoms with van der Waals surface area (Å²) in [5.41, 5.74) is 0.861. The zero-order valence-electron chi connectivity index (χ0n) is 15.1. The molecule has 0 bridgehead atoms. The molecule has 0 saturated carbocycles. The summed E-state index contributed by atoms with van der Waals surface area (Å²) in [6.07, 6.45) is -2.88. The van der Waals surface area contributed by atoms with Gasteiger partial charge in [-0.2, -0.15) is 13.2 Å². The van der Waals surface area contributed by atoms with Crippen LogP contribution >= 0.6 is 0 Å². The lowest BCUT2D eigenvalue weighted by atomic mass is 10.1. The summed E-state index contributed by atoms with van der Waals surface area (Å²) in [7, 11) is 0. The van der Waals surface area contributed by atoms with Gasteiger partial charge in [0, 0.05) is 5.56 Å². The number of hydrogen-bond donors (Lipinski definition) is 0. The van der Waals surface area contributed by atoms with Gasteiger partial charge in [-0.05, 0) is 29.8 Å². The molecular formula is C23H15F3N2O. The van der Waals surface area contributed by atoms with Crippen molar-refractivity contribution < 1.29 is 18.0 Å². The van der Waals surface area contributed by atoms with E-state index < -0.39 is 17.6 Å². The molecule has 144 valence electrons. The number of nitrogens with zero attached hydrogens (tertiary/aromatic N) is 2. The van der Waals surface area contributed by atoms with Crippen molar-refractivity contribution >= 4 is 23.5 Å². The van der Waals surface area contributed by atoms with Gasteiger partial charge in [0.15, 0.2) is 0 Å². The minimum atomic E-state index is -4.51. The zero-order valence-corrected chi connectivity index (χ0v) is 15.1. The first kappa shape index (κ1) is 18.7. The number of amidine groups is 1. The molecule has 29 heavy (non-hydrogen) atoms. The standard InChI is InChI=1S/C23H15F3N2O/c24-23(25,26)18-12-7-13-19(15-18)28-21(17-10-5-2-6-11-17)27-20(22(28)29)14-16-8-3-1-4-9-16/h1-15H/b20-14-. The fourth-order valence-electron chi connectivity index (χ4n) is 3.07. The van der Waals surface area contributed by atoms with Crippen LogP contribution in [0, 0.1) is 0 Å². The number of anilines is 1. The highest BCUT2D eigenvalue weighted by atomic mass is 19.4. The number of hydrogen-bond acceptors (Lipinski definition) is 2. The molecule has 3 nitrogen and oxygen atoms in total. The van der Waals surface area contributed by atoms with Crippen LogP contribution < -0.4 is 4.90 Å². The number of alkyl halides is 3. The van der Waals surface area contributed by atoms with Crippen molar-refractivity contribution in [3.05, 3.63) is 107 Å². The van der Waals surface area contributed by atoms with Crippen molar-refractivity contribution in [1.82, 2.24) is 0 Å². The Bertz CT molecular complexity index is 1100. The minimum absolute atomic E-state index is 0.115. The smallest absolute Gasteiger partial charge is 0.266 e. The molecule has 0 fully saturated rings. The second kappa shape index (κ2) is 7.39. The second-order valence-electron chi connectivity index (χ2n) is 6.43. The number of benzene rings is 3. The Morgan fingerprint density at radius 3 is 2.14 bits per heavy atom. The minimum Gasteiger partial charge on any atom is -0.266 e. The molecule has 6 heteroatoms. The largest absolute Gasteiger partial charge is 0.416 e. The van der Waals surface area contributed by atoms with Gasteiger partial charge in [0.25, 0.3) is 5.91 Å². The second-order valence-corrected chi connectivity index (χ2v) is 6.43. The predicted octanol–water partition coefficient (Wildman–Crippen LogP) is 5.54. The van der Waals surface area contributed by atoms with Crippen LogP contribution in [0.3, 0.4) is 0 Å². The monoisotopic (exact) mass is 392 g/mol. The van der Waals surface area contributed by atoms with Crippen LogP contribution in [-0.2, 0) is 11.0 Å². The van der Waals surface area contributed by atoms with Crippen molar-refractivity contribution in [2.45, 2.75) is 6.18 Å². The highest BCUT2D eigenvalue weighted by Gasteiger charge is 2.35. The molecule has 3 aromatic rings. The molecule has 1 heterocycles. The molecule has 0 unspecified atom stereocenters. The highest BCUT2D eigenvalue weighted by Crippen LogP contribution is 2.34. The zero-order chi connectivity index (χ0) is 20.4. The van der Waals surface area contributed by atoms with Crippen molar-refractivity contribution in [2.75, 3.05) is 4.90 Å². The van der Waals surface area contributed by atoms with E-state index in [9.17, 15) is 18.0 Å². The SMILES string of the molecule is O=C1/C(=C/c2ccccc2)N=C(c2ccccc2)N1c1cccc(C(F)(F)F)c1. The molecule has 0 radical (unpaired) electrons. The normalized spacial score (nSPS) is 15.7. The molecule has 0 saturated heterocycles. The number of carbonyl (C=O) groups is 1. The fraction of sp³-hybridized carbons (Fsp3) is 0.0435. The third-order valence-corrected chi connectivity index (χ3v) is 4.43. The van der Waals surface area contributed by atoms with E-state index in [1.807, 2.05) is 36.4 Å². The van der Waals surface area contributed by atoms with E-state index >= 15 is 0 Å². The van der Waals surface area contributed by atoms with Gasteiger partial charge in [-0.1, -0.05) is 66.7 Å². The van der Waals surface area contributed by atoms with Crippen LogP contribution in [0.25, 0.3) is 6.08 Å². The van der Waals surface area contributed by atoms with E-state index in [1.165, 1.54) is 17.0 Å². The number of aliphatic imine (C=N–C) groups is 1. The summed E-state index contributed by atoms with van der Waals surface area (Å²) in [6, 6.07) is 22.8. The molecule has 1 amide bonds. The maximum Gasteiger partial charge on any atom is 0.416 e. The third-order valence-electron chi connectivity index (χ3n) is 4.43. The lowest BCUT2D eigenvalue weighted by Crippen LogP contribution is -2.32. The van der Waals surface area contributed by atoms with Gasteiger partial charge >= 0.3 is 6.18 Å². The quantitative estimate of drug-likeness (QED) is 0.539. The first-order chi connectivity index (χ1) is 13.9. The fourth-order valence-corrected chi connectivity index (χ4v) is 3.07. The number of carbonyl (C=O) groups excluding carboxylic acids is 1. The summed E-state index contributed by atoms with van der Waals surface area (Å²) in [5, 5.41) is 0. The van der Waals surface area contributed by atoms with Gasteiger partial charge < -0.3 is 0 Å². The molecule has 3 aromatic carbocycles. The Labute approximate surface area is 165 Å². The van der Waals surface area contributed by atoms with E-state index in [0.29, 0.717) is 5.56 Å². The van der Waals surface area contributed by atoms with Crippen LogP contribution in [0.2, 0.25) is 0 Å². The first-order valence-corrected chi connectivity index (χ1v) is 8.86. The third kappa shape index (κ3) is 3.82. The van der Waals surface area contributed by atoms with E-state index in [2.05, 4.69) is 4.99 Å². The maximum atomic E-state index is 13.2. The Balaban J connectivity index is 1.83. The van der Waals surface area contributed by atoms with Gasteiger partial charge in [-0.3, -0.25) is 9.69 Å². The molecule has 0 aromatic heterocycles. The number of amides is 1. The molecule has 4 rings (SSSR count). The average Bonchev–Trinajstić information content (AvgIpc) is 3.05. The molecule has 0 aliphatic carbocycles. The summed E-state index contributed by atoms with van der Waals surface area (Å²) in [6.45, 7) is 0. The lowest BCUT2D eigenvalue weighted by molar-refractivity contribution is -0.137. The average molecular weight is 392 g/mol. The molecule has 0 N–H and O–H groups in total. The van der Waals surface area contributed by atoms with E-state index in [4.69, 9.17) is 0 Å². The van der Waals surface area contributed by atoms with Gasteiger partial charge in [-0.15, -0.1) is 0 Å². The van der Waals surface area contributed by atoms with Crippen LogP contribution in [-0.4, -0.2) is 11.7 Å². The molecule has 1 aliphatic heterocycles. The highest BCUT2D eigenvalue weighted by molar-refractivity contribution is 6.33. The first-order valence-electron chi connectivity index (χ1n) is 8.86. The molecular weight excluding hydrogens is 377 g/mol. The van der Waals surface area contributed by atoms with Gasteiger partial charge in [0.05, 0.1) is 11.3 Å². The van der Waals surface area contributed by atoms with E-state index in [0.717, 1.165) is 17.7 Å². The van der Waals surface area contributed by atoms with Crippen LogP contribution in [0.4, 0.5) is 18.9 Å². The van der Waals surface area contributed by atoms with E-state index in [-0.39, 0.29) is 17.2 Å². The van der Waals surface area contributed by atoms with Crippen molar-refractivity contribution in [1.29, 1.82) is 0 Å². The predicted molar refractivity (Wildman–Crippen MR) is 106 cm³/mol. The number of rotatable bonds is 3. The Morgan fingerprint density at radius 1 is 0.828 bits per heavy atom. The van der Waals surface area contributed by atoms with E-state index in [1.54, 1.807) is 30.3 Å². The molecule has 0 atom stereocenters. The Kier molecular flexibility index (Phi) is 4.76. The summed E-state index contributed by atoms with van der Waals surface area (Å²) < 4.78 is 39.6. The van der Waals surface area contributed by atoms with Crippen LogP contribution in [0.15, 0.2) is 95.6 Å². The molecule has 0 spiro atoms. The number of halogens is 3. The van der Waals surface area contributed by atoms with Crippen molar-refractivity contribution in [3.8, 4) is 0 Å². The summed E-state index contributed by atoms with van der Waals surface area (Å²) in [5.74, 6) is -0.191. The van der Waals surface area contributed by atoms with Crippen molar-refractivity contribution in [3.63, 3.8) is 0 Å². The summed E-state index contributed by atoms with van der Waals surface area (Å²) in [4.78, 5) is 18.8.